The summed E-state index contributed by atoms with van der Waals surface area (Å²) >= 11 is 0. The van der Waals surface area contributed by atoms with Crippen molar-refractivity contribution in [2.45, 2.75) is 33.2 Å². The van der Waals surface area contributed by atoms with Crippen molar-refractivity contribution in [3.63, 3.8) is 0 Å². The summed E-state index contributed by atoms with van der Waals surface area (Å²) in [5.74, 6) is 0.0904. The van der Waals surface area contributed by atoms with E-state index in [1.165, 1.54) is 12.0 Å². The van der Waals surface area contributed by atoms with Crippen LogP contribution < -0.4 is 19.1 Å². The molecule has 1 aliphatic heterocycles. The fourth-order valence-electron chi connectivity index (χ4n) is 4.58. The van der Waals surface area contributed by atoms with Gasteiger partial charge in [0, 0.05) is 17.3 Å². The average molecular weight is 502 g/mol. The lowest BCUT2D eigenvalue weighted by molar-refractivity contribution is -0.132. The van der Waals surface area contributed by atoms with Gasteiger partial charge in [0.2, 0.25) is 0 Å². The van der Waals surface area contributed by atoms with Crippen LogP contribution in [0.4, 0.5) is 5.69 Å². The van der Waals surface area contributed by atoms with E-state index in [2.05, 4.69) is 0 Å². The normalized spacial score (nSPS) is 16.7. The predicted octanol–water partition coefficient (Wildman–Crippen LogP) is 5.74. The minimum atomic E-state index is -0.876. The molecule has 0 aliphatic carbocycles. The molecule has 1 amide bonds. The van der Waals surface area contributed by atoms with Crippen molar-refractivity contribution in [3.8, 4) is 17.2 Å². The summed E-state index contributed by atoms with van der Waals surface area (Å²) in [5.41, 5.74) is 3.10. The molecule has 0 bridgehead atoms. The van der Waals surface area contributed by atoms with Crippen molar-refractivity contribution in [1.29, 1.82) is 0 Å². The molecule has 0 aromatic heterocycles. The number of ether oxygens (including phenoxy) is 3. The molecule has 37 heavy (non-hydrogen) atoms. The van der Waals surface area contributed by atoms with Crippen molar-refractivity contribution < 1.29 is 28.9 Å². The number of aliphatic hydroxyl groups is 1. The Bertz CT molecular complexity index is 1380. The fourth-order valence-corrected chi connectivity index (χ4v) is 4.58. The number of aryl methyl sites for hydroxylation is 2. The van der Waals surface area contributed by atoms with Crippen LogP contribution in [0, 0.1) is 13.8 Å². The first kappa shape index (κ1) is 25.8. The quantitative estimate of drug-likeness (QED) is 0.241. The van der Waals surface area contributed by atoms with E-state index < -0.39 is 17.7 Å². The van der Waals surface area contributed by atoms with Crippen LogP contribution in [-0.2, 0) is 9.59 Å². The number of carbonyl (C=O) groups is 2. The number of hydrogen-bond acceptors (Lipinski definition) is 6. The third-order valence-corrected chi connectivity index (χ3v) is 6.42. The molecule has 1 saturated heterocycles. The monoisotopic (exact) mass is 501 g/mol. The SMILES string of the molecule is CCCOc1cccc(C2/C(=C(\O)c3cc(C)c(OC)cc3C)C(=O)C(=O)N2c2cccc(OC)c2)c1. The smallest absolute Gasteiger partial charge is 0.300 e. The molecule has 1 fully saturated rings. The van der Waals surface area contributed by atoms with Gasteiger partial charge in [-0.15, -0.1) is 0 Å². The van der Waals surface area contributed by atoms with Crippen LogP contribution in [-0.4, -0.2) is 37.6 Å². The van der Waals surface area contributed by atoms with E-state index in [4.69, 9.17) is 14.2 Å². The Hall–Kier alpha value is -4.26. The molecule has 192 valence electrons. The molecule has 7 nitrogen and oxygen atoms in total. The largest absolute Gasteiger partial charge is 0.507 e. The summed E-state index contributed by atoms with van der Waals surface area (Å²) in [6, 6.07) is 16.9. The number of amides is 1. The lowest BCUT2D eigenvalue weighted by atomic mass is 9.93. The fraction of sp³-hybridized carbons (Fsp3) is 0.267. The number of hydrogen-bond donors (Lipinski definition) is 1. The number of nitrogens with zero attached hydrogens (tertiary/aromatic N) is 1. The van der Waals surface area contributed by atoms with E-state index in [-0.39, 0.29) is 11.3 Å². The molecule has 1 atom stereocenters. The minimum Gasteiger partial charge on any atom is -0.507 e. The first-order valence-electron chi connectivity index (χ1n) is 12.1. The Morgan fingerprint density at radius 1 is 0.919 bits per heavy atom. The molecule has 0 saturated carbocycles. The van der Waals surface area contributed by atoms with Crippen LogP contribution in [0.15, 0.2) is 66.2 Å². The summed E-state index contributed by atoms with van der Waals surface area (Å²) in [4.78, 5) is 28.4. The molecule has 1 heterocycles. The van der Waals surface area contributed by atoms with Crippen LogP contribution in [0.5, 0.6) is 17.2 Å². The van der Waals surface area contributed by atoms with E-state index in [9.17, 15) is 14.7 Å². The highest BCUT2D eigenvalue weighted by atomic mass is 16.5. The summed E-state index contributed by atoms with van der Waals surface area (Å²) in [6.07, 6.45) is 0.836. The first-order chi connectivity index (χ1) is 17.8. The van der Waals surface area contributed by atoms with Crippen LogP contribution in [0.25, 0.3) is 5.76 Å². The number of aliphatic hydroxyl groups excluding tert-OH is 1. The first-order valence-corrected chi connectivity index (χ1v) is 12.1. The van der Waals surface area contributed by atoms with Crippen LogP contribution >= 0.6 is 0 Å². The second-order valence-corrected chi connectivity index (χ2v) is 8.93. The highest BCUT2D eigenvalue weighted by Gasteiger charge is 2.47. The third kappa shape index (κ3) is 4.89. The Morgan fingerprint density at radius 2 is 1.65 bits per heavy atom. The molecule has 3 aromatic rings. The van der Waals surface area contributed by atoms with Crippen LogP contribution in [0.1, 0.15) is 41.6 Å². The van der Waals surface area contributed by atoms with Gasteiger partial charge in [0.15, 0.2) is 0 Å². The van der Waals surface area contributed by atoms with Crippen molar-refractivity contribution in [2.75, 3.05) is 25.7 Å². The lowest BCUT2D eigenvalue weighted by Crippen LogP contribution is -2.29. The van der Waals surface area contributed by atoms with Gasteiger partial charge < -0.3 is 19.3 Å². The number of benzene rings is 3. The number of anilines is 1. The van der Waals surface area contributed by atoms with Gasteiger partial charge in [0.1, 0.15) is 23.0 Å². The molecule has 0 radical (unpaired) electrons. The van der Waals surface area contributed by atoms with E-state index in [1.54, 1.807) is 49.6 Å². The van der Waals surface area contributed by atoms with Gasteiger partial charge >= 0.3 is 0 Å². The van der Waals surface area contributed by atoms with E-state index in [1.807, 2.05) is 39.0 Å². The maximum Gasteiger partial charge on any atom is 0.300 e. The second kappa shape index (κ2) is 10.8. The Kier molecular flexibility index (Phi) is 7.53. The number of rotatable bonds is 8. The van der Waals surface area contributed by atoms with Crippen molar-refractivity contribution in [2.24, 2.45) is 0 Å². The molecule has 1 aliphatic rings. The van der Waals surface area contributed by atoms with Gasteiger partial charge in [-0.2, -0.15) is 0 Å². The summed E-state index contributed by atoms with van der Waals surface area (Å²) in [7, 11) is 3.11. The highest BCUT2D eigenvalue weighted by Crippen LogP contribution is 2.44. The topological polar surface area (TPSA) is 85.3 Å². The molecule has 1 unspecified atom stereocenters. The maximum absolute atomic E-state index is 13.5. The maximum atomic E-state index is 13.5. The van der Waals surface area contributed by atoms with Gasteiger partial charge in [-0.1, -0.05) is 25.1 Å². The third-order valence-electron chi connectivity index (χ3n) is 6.42. The zero-order valence-electron chi connectivity index (χ0n) is 21.7. The van der Waals surface area contributed by atoms with Crippen molar-refractivity contribution in [3.05, 3.63) is 88.5 Å². The minimum absolute atomic E-state index is 0.00753. The lowest BCUT2D eigenvalue weighted by Gasteiger charge is -2.26. The second-order valence-electron chi connectivity index (χ2n) is 8.93. The van der Waals surface area contributed by atoms with Gasteiger partial charge in [-0.05, 0) is 73.4 Å². The Labute approximate surface area is 216 Å². The number of Topliss-reactive ketones (excluding diaryl/α,β-unsaturated/α-hetero) is 1. The van der Waals surface area contributed by atoms with Crippen molar-refractivity contribution in [1.82, 2.24) is 0 Å². The van der Waals surface area contributed by atoms with Gasteiger partial charge in [0.05, 0.1) is 32.4 Å². The Morgan fingerprint density at radius 3 is 2.35 bits per heavy atom. The zero-order chi connectivity index (χ0) is 26.7. The highest BCUT2D eigenvalue weighted by molar-refractivity contribution is 6.51. The molecule has 4 rings (SSSR count). The van der Waals surface area contributed by atoms with E-state index in [0.29, 0.717) is 46.2 Å². The van der Waals surface area contributed by atoms with Crippen molar-refractivity contribution >= 4 is 23.1 Å². The summed E-state index contributed by atoms with van der Waals surface area (Å²) in [6.45, 7) is 6.23. The zero-order valence-corrected chi connectivity index (χ0v) is 21.7. The standard InChI is InChI=1S/C30H31NO6/c1-6-13-37-23-12-7-9-20(16-23)27-26(28(32)24-14-19(3)25(36-5)15-18(24)2)29(33)30(34)31(27)21-10-8-11-22(17-21)35-4/h7-12,14-17,27,32H,6,13H2,1-5H3/b28-26+. The van der Waals surface area contributed by atoms with E-state index in [0.717, 1.165) is 12.0 Å². The molecule has 7 heteroatoms. The molecule has 1 N–H and O–H groups in total. The van der Waals surface area contributed by atoms with Gasteiger partial charge in [-0.3, -0.25) is 14.5 Å². The van der Waals surface area contributed by atoms with Crippen LogP contribution in [0.3, 0.4) is 0 Å². The number of carbonyl (C=O) groups excluding carboxylic acids is 2. The molecule has 0 spiro atoms. The van der Waals surface area contributed by atoms with Gasteiger partial charge in [-0.25, -0.2) is 0 Å². The number of ketones is 1. The molecular formula is C30H31NO6. The summed E-state index contributed by atoms with van der Waals surface area (Å²) in [5, 5.41) is 11.6. The van der Waals surface area contributed by atoms with Gasteiger partial charge in [0.25, 0.3) is 11.7 Å². The molecular weight excluding hydrogens is 470 g/mol. The summed E-state index contributed by atoms with van der Waals surface area (Å²) < 4.78 is 16.6. The predicted molar refractivity (Wildman–Crippen MR) is 142 cm³/mol. The van der Waals surface area contributed by atoms with E-state index >= 15 is 0 Å². The molecule has 3 aromatic carbocycles. The number of methoxy groups -OCH3 is 2. The van der Waals surface area contributed by atoms with Crippen LogP contribution in [0.2, 0.25) is 0 Å². The Balaban J connectivity index is 1.95. The average Bonchev–Trinajstić information content (AvgIpc) is 3.18.